The van der Waals surface area contributed by atoms with Crippen LogP contribution in [0, 0.1) is 10.1 Å². The van der Waals surface area contributed by atoms with Crippen LogP contribution in [0.15, 0.2) is 46.2 Å². The molecule has 0 heterocycles. The third-order valence-corrected chi connectivity index (χ3v) is 7.93. The van der Waals surface area contributed by atoms with Gasteiger partial charge in [0.25, 0.3) is 11.6 Å². The molecule has 0 atom stereocenters. The lowest BCUT2D eigenvalue weighted by molar-refractivity contribution is -0.385. The lowest BCUT2D eigenvalue weighted by Gasteiger charge is -2.19. The van der Waals surface area contributed by atoms with Gasteiger partial charge in [0.1, 0.15) is 4.90 Å². The number of sulfone groups is 1. The molecule has 168 valence electrons. The number of hydrogen-bond acceptors (Lipinski definition) is 7. The first kappa shape index (κ1) is 24.7. The first-order valence-electron chi connectivity index (χ1n) is 8.91. The summed E-state index contributed by atoms with van der Waals surface area (Å²) in [6, 6.07) is 6.60. The van der Waals surface area contributed by atoms with E-state index in [1.807, 2.05) is 0 Å². The van der Waals surface area contributed by atoms with Crippen LogP contribution in [0.1, 0.15) is 24.2 Å². The number of benzene rings is 2. The van der Waals surface area contributed by atoms with Gasteiger partial charge in [-0.15, -0.1) is 0 Å². The second-order valence-corrected chi connectivity index (χ2v) is 10.8. The van der Waals surface area contributed by atoms with Crippen molar-refractivity contribution in [3.05, 3.63) is 57.1 Å². The third kappa shape index (κ3) is 5.58. The zero-order chi connectivity index (χ0) is 23.6. The van der Waals surface area contributed by atoms with Crippen LogP contribution < -0.4 is 5.32 Å². The molecule has 0 unspecified atom stereocenters. The Hall–Kier alpha value is -2.54. The SMILES string of the molecule is CCN(CC)S(=O)(=O)c1cc(NC(=O)c2cc([N+](=O)[O-])cc(S(C)(=O)=O)c2)ccc1Cl. The summed E-state index contributed by atoms with van der Waals surface area (Å²) in [5.74, 6) is -0.859. The quantitative estimate of drug-likeness (QED) is 0.443. The average molecular weight is 490 g/mol. The second kappa shape index (κ2) is 9.30. The highest BCUT2D eigenvalue weighted by Crippen LogP contribution is 2.28. The van der Waals surface area contributed by atoms with E-state index in [1.165, 1.54) is 22.5 Å². The Morgan fingerprint density at radius 2 is 1.71 bits per heavy atom. The fraction of sp³-hybridized carbons (Fsp3) is 0.278. The largest absolute Gasteiger partial charge is 0.322 e. The van der Waals surface area contributed by atoms with Crippen LogP contribution in [0.2, 0.25) is 5.02 Å². The molecule has 2 rings (SSSR count). The lowest BCUT2D eigenvalue weighted by Crippen LogP contribution is -2.30. The molecule has 0 aromatic heterocycles. The Kier molecular flexibility index (Phi) is 7.42. The lowest BCUT2D eigenvalue weighted by atomic mass is 10.2. The van der Waals surface area contributed by atoms with Gasteiger partial charge in [0.15, 0.2) is 9.84 Å². The van der Waals surface area contributed by atoms with E-state index in [1.54, 1.807) is 13.8 Å². The molecule has 0 bridgehead atoms. The fourth-order valence-corrected chi connectivity index (χ4v) is 5.35. The van der Waals surface area contributed by atoms with Gasteiger partial charge in [-0.2, -0.15) is 4.31 Å². The molecule has 0 saturated heterocycles. The summed E-state index contributed by atoms with van der Waals surface area (Å²) in [4.78, 5) is 22.3. The van der Waals surface area contributed by atoms with Crippen LogP contribution in [0.4, 0.5) is 11.4 Å². The van der Waals surface area contributed by atoms with Crippen molar-refractivity contribution in [2.75, 3.05) is 24.7 Å². The summed E-state index contributed by atoms with van der Waals surface area (Å²) in [5, 5.41) is 13.5. The van der Waals surface area contributed by atoms with Crippen molar-refractivity contribution in [1.82, 2.24) is 4.31 Å². The number of nitro groups is 1. The molecule has 1 amide bonds. The van der Waals surface area contributed by atoms with Gasteiger partial charge in [-0.05, 0) is 24.3 Å². The summed E-state index contributed by atoms with van der Waals surface area (Å²) in [6.45, 7) is 3.77. The Bertz CT molecular complexity index is 1240. The Balaban J connectivity index is 2.48. The van der Waals surface area contributed by atoms with Gasteiger partial charge in [-0.1, -0.05) is 25.4 Å². The van der Waals surface area contributed by atoms with Gasteiger partial charge >= 0.3 is 0 Å². The van der Waals surface area contributed by atoms with Gasteiger partial charge in [0.05, 0.1) is 14.8 Å². The van der Waals surface area contributed by atoms with E-state index < -0.39 is 41.3 Å². The Morgan fingerprint density at radius 3 is 2.23 bits per heavy atom. The summed E-state index contributed by atoms with van der Waals surface area (Å²) >= 11 is 6.06. The van der Waals surface area contributed by atoms with Crippen molar-refractivity contribution in [3.8, 4) is 0 Å². The molecule has 0 saturated carbocycles. The molecule has 0 spiro atoms. The molecule has 13 heteroatoms. The van der Waals surface area contributed by atoms with Crippen molar-refractivity contribution in [2.24, 2.45) is 0 Å². The minimum atomic E-state index is -3.92. The molecular formula is C18H20ClN3O7S2. The van der Waals surface area contributed by atoms with E-state index in [4.69, 9.17) is 11.6 Å². The van der Waals surface area contributed by atoms with Crippen LogP contribution >= 0.6 is 11.6 Å². The van der Waals surface area contributed by atoms with Crippen LogP contribution in [0.25, 0.3) is 0 Å². The molecule has 0 fully saturated rings. The molecule has 0 radical (unpaired) electrons. The molecule has 2 aromatic carbocycles. The zero-order valence-corrected chi connectivity index (χ0v) is 19.2. The maximum Gasteiger partial charge on any atom is 0.271 e. The van der Waals surface area contributed by atoms with E-state index >= 15 is 0 Å². The van der Waals surface area contributed by atoms with Crippen LogP contribution in [0.5, 0.6) is 0 Å². The molecule has 2 aromatic rings. The van der Waals surface area contributed by atoms with Crippen molar-refractivity contribution in [2.45, 2.75) is 23.6 Å². The number of sulfonamides is 1. The predicted molar refractivity (Wildman–Crippen MR) is 116 cm³/mol. The van der Waals surface area contributed by atoms with Crippen molar-refractivity contribution < 1.29 is 26.6 Å². The molecule has 10 nitrogen and oxygen atoms in total. The minimum absolute atomic E-state index is 0.0420. The number of rotatable bonds is 8. The Labute approximate surface area is 184 Å². The number of nitro benzene ring substituents is 1. The standard InChI is InChI=1S/C18H20ClN3O7S2/c1-4-21(5-2)31(28,29)17-10-13(6-7-16(17)19)20-18(23)12-8-14(22(24)25)11-15(9-12)30(3,26)27/h6-11H,4-5H2,1-3H3,(H,20,23). The van der Waals surface area contributed by atoms with Crippen molar-refractivity contribution >= 4 is 48.7 Å². The number of amides is 1. The molecule has 0 aliphatic carbocycles. The molecule has 1 N–H and O–H groups in total. The normalized spacial score (nSPS) is 12.0. The number of carbonyl (C=O) groups is 1. The summed E-state index contributed by atoms with van der Waals surface area (Å²) in [6.07, 6.45) is 0.858. The van der Waals surface area contributed by atoms with Gasteiger partial charge in [0, 0.05) is 42.7 Å². The van der Waals surface area contributed by atoms with Crippen LogP contribution in [0.3, 0.4) is 0 Å². The number of nitrogens with zero attached hydrogens (tertiary/aromatic N) is 2. The highest BCUT2D eigenvalue weighted by Gasteiger charge is 2.25. The monoisotopic (exact) mass is 489 g/mol. The van der Waals surface area contributed by atoms with Crippen LogP contribution in [-0.4, -0.2) is 51.3 Å². The number of hydrogen-bond donors (Lipinski definition) is 1. The summed E-state index contributed by atoms with van der Waals surface area (Å²) < 4.78 is 50.4. The van der Waals surface area contributed by atoms with Crippen molar-refractivity contribution in [3.63, 3.8) is 0 Å². The van der Waals surface area contributed by atoms with Gasteiger partial charge < -0.3 is 5.32 Å². The second-order valence-electron chi connectivity index (χ2n) is 6.43. The predicted octanol–water partition coefficient (Wildman–Crippen LogP) is 2.93. The smallest absolute Gasteiger partial charge is 0.271 e. The highest BCUT2D eigenvalue weighted by atomic mass is 35.5. The Morgan fingerprint density at radius 1 is 1.10 bits per heavy atom. The van der Waals surface area contributed by atoms with Crippen molar-refractivity contribution in [1.29, 1.82) is 0 Å². The summed E-state index contributed by atoms with van der Waals surface area (Å²) in [7, 11) is -7.74. The highest BCUT2D eigenvalue weighted by molar-refractivity contribution is 7.90. The minimum Gasteiger partial charge on any atom is -0.322 e. The maximum atomic E-state index is 12.8. The maximum absolute atomic E-state index is 12.8. The molecule has 31 heavy (non-hydrogen) atoms. The van der Waals surface area contributed by atoms with E-state index in [2.05, 4.69) is 5.32 Å². The number of anilines is 1. The number of carbonyl (C=O) groups excluding carboxylic acids is 1. The first-order valence-corrected chi connectivity index (χ1v) is 12.6. The van der Waals surface area contributed by atoms with Gasteiger partial charge in [0.2, 0.25) is 10.0 Å². The number of non-ortho nitro benzene ring substituents is 1. The number of nitrogens with one attached hydrogen (secondary N) is 1. The molecule has 0 aliphatic heterocycles. The average Bonchev–Trinajstić information content (AvgIpc) is 2.68. The van der Waals surface area contributed by atoms with E-state index in [-0.39, 0.29) is 34.3 Å². The summed E-state index contributed by atoms with van der Waals surface area (Å²) in [5.41, 5.74) is -0.792. The third-order valence-electron chi connectivity index (χ3n) is 4.30. The first-order chi connectivity index (χ1) is 14.3. The van der Waals surface area contributed by atoms with E-state index in [0.29, 0.717) is 0 Å². The molecule has 0 aliphatic rings. The topological polar surface area (TPSA) is 144 Å². The zero-order valence-electron chi connectivity index (χ0n) is 16.8. The van der Waals surface area contributed by atoms with Gasteiger partial charge in [-0.25, -0.2) is 16.8 Å². The van der Waals surface area contributed by atoms with E-state index in [0.717, 1.165) is 24.5 Å². The fourth-order valence-electron chi connectivity index (χ4n) is 2.72. The number of halogens is 1. The molecular weight excluding hydrogens is 470 g/mol. The van der Waals surface area contributed by atoms with Gasteiger partial charge in [-0.3, -0.25) is 14.9 Å². The van der Waals surface area contributed by atoms with Crippen LogP contribution in [-0.2, 0) is 19.9 Å². The van der Waals surface area contributed by atoms with E-state index in [9.17, 15) is 31.7 Å².